The van der Waals surface area contributed by atoms with Crippen molar-refractivity contribution in [3.63, 3.8) is 0 Å². The minimum atomic E-state index is -1.41. The van der Waals surface area contributed by atoms with E-state index in [-0.39, 0.29) is 11.0 Å². The lowest BCUT2D eigenvalue weighted by Gasteiger charge is -2.17. The number of aliphatic carboxylic acids is 1. The first-order chi connectivity index (χ1) is 8.10. The molecule has 0 atom stereocenters. The zero-order valence-corrected chi connectivity index (χ0v) is 9.60. The number of Topliss-reactive ketones (excluding diaryl/α,β-unsaturated/α-hetero) is 1. The van der Waals surface area contributed by atoms with Crippen LogP contribution in [0.3, 0.4) is 0 Å². The van der Waals surface area contributed by atoms with Gasteiger partial charge in [0.1, 0.15) is 0 Å². The Morgan fingerprint density at radius 3 is 2.53 bits per heavy atom. The number of ketones is 1. The van der Waals surface area contributed by atoms with Crippen LogP contribution in [0.5, 0.6) is 0 Å². The van der Waals surface area contributed by atoms with Gasteiger partial charge in [-0.1, -0.05) is 24.3 Å². The SMILES string of the molecule is COCC1(c2ccccc2C(=O)C(=O)O)CC1. The van der Waals surface area contributed by atoms with E-state index in [1.165, 1.54) is 0 Å². The topological polar surface area (TPSA) is 63.6 Å². The van der Waals surface area contributed by atoms with Gasteiger partial charge in [0.2, 0.25) is 0 Å². The van der Waals surface area contributed by atoms with Crippen LogP contribution in [0.2, 0.25) is 0 Å². The predicted octanol–water partition coefficient (Wildman–Crippen LogP) is 1.63. The van der Waals surface area contributed by atoms with Gasteiger partial charge in [-0.25, -0.2) is 4.79 Å². The molecular weight excluding hydrogens is 220 g/mol. The van der Waals surface area contributed by atoms with Crippen LogP contribution < -0.4 is 0 Å². The fourth-order valence-corrected chi connectivity index (χ4v) is 2.18. The van der Waals surface area contributed by atoms with Crippen LogP contribution in [0.15, 0.2) is 24.3 Å². The second-order valence-corrected chi connectivity index (χ2v) is 4.39. The second-order valence-electron chi connectivity index (χ2n) is 4.39. The third-order valence-electron chi connectivity index (χ3n) is 3.21. The number of carbonyl (C=O) groups excluding carboxylic acids is 1. The maximum atomic E-state index is 11.6. The lowest BCUT2D eigenvalue weighted by Crippen LogP contribution is -2.21. The van der Waals surface area contributed by atoms with Crippen molar-refractivity contribution in [2.45, 2.75) is 18.3 Å². The molecule has 0 radical (unpaired) electrons. The Morgan fingerprint density at radius 2 is 2.00 bits per heavy atom. The van der Waals surface area contributed by atoms with Crippen molar-refractivity contribution >= 4 is 11.8 Å². The number of carboxylic acid groups (broad SMARTS) is 1. The van der Waals surface area contributed by atoms with E-state index in [0.29, 0.717) is 6.61 Å². The van der Waals surface area contributed by atoms with E-state index < -0.39 is 11.8 Å². The molecule has 1 N–H and O–H groups in total. The molecule has 0 bridgehead atoms. The molecule has 1 aliphatic rings. The first-order valence-electron chi connectivity index (χ1n) is 5.47. The molecule has 0 unspecified atom stereocenters. The third kappa shape index (κ3) is 2.08. The molecule has 0 heterocycles. The summed E-state index contributed by atoms with van der Waals surface area (Å²) in [6, 6.07) is 6.90. The first-order valence-corrected chi connectivity index (χ1v) is 5.47. The Labute approximate surface area is 99.2 Å². The Hall–Kier alpha value is -1.68. The standard InChI is InChI=1S/C13H14O4/c1-17-8-13(6-7-13)10-5-3-2-4-9(10)11(14)12(15)16/h2-5H,6-8H2,1H3,(H,15,16). The van der Waals surface area contributed by atoms with Crippen molar-refractivity contribution in [1.29, 1.82) is 0 Å². The molecule has 90 valence electrons. The average molecular weight is 234 g/mol. The highest BCUT2D eigenvalue weighted by Gasteiger charge is 2.46. The number of hydrogen-bond acceptors (Lipinski definition) is 3. The molecule has 17 heavy (non-hydrogen) atoms. The van der Waals surface area contributed by atoms with Crippen LogP contribution >= 0.6 is 0 Å². The normalized spacial score (nSPS) is 16.5. The number of benzene rings is 1. The van der Waals surface area contributed by atoms with Gasteiger partial charge in [-0.05, 0) is 18.4 Å². The molecule has 4 nitrogen and oxygen atoms in total. The summed E-state index contributed by atoms with van der Waals surface area (Å²) in [5.74, 6) is -2.26. The largest absolute Gasteiger partial charge is 0.475 e. The fraction of sp³-hybridized carbons (Fsp3) is 0.385. The van der Waals surface area contributed by atoms with E-state index in [9.17, 15) is 9.59 Å². The summed E-state index contributed by atoms with van der Waals surface area (Å²) in [5, 5.41) is 8.80. The number of carbonyl (C=O) groups is 2. The molecule has 0 spiro atoms. The van der Waals surface area contributed by atoms with Gasteiger partial charge in [-0.3, -0.25) is 4.79 Å². The zero-order chi connectivity index (χ0) is 12.5. The van der Waals surface area contributed by atoms with Crippen molar-refractivity contribution in [3.8, 4) is 0 Å². The van der Waals surface area contributed by atoms with Crippen molar-refractivity contribution < 1.29 is 19.4 Å². The Bertz CT molecular complexity index is 460. The van der Waals surface area contributed by atoms with Crippen molar-refractivity contribution in [1.82, 2.24) is 0 Å². The van der Waals surface area contributed by atoms with E-state index in [0.717, 1.165) is 18.4 Å². The molecule has 1 saturated carbocycles. The maximum Gasteiger partial charge on any atom is 0.377 e. The van der Waals surface area contributed by atoms with Crippen LogP contribution in [-0.4, -0.2) is 30.6 Å². The minimum Gasteiger partial charge on any atom is -0.475 e. The number of hydrogen-bond donors (Lipinski definition) is 1. The summed E-state index contributed by atoms with van der Waals surface area (Å²) in [6.07, 6.45) is 1.87. The van der Waals surface area contributed by atoms with Crippen LogP contribution in [0.1, 0.15) is 28.8 Å². The molecule has 1 aromatic rings. The Balaban J connectivity index is 2.41. The number of rotatable bonds is 5. The molecule has 0 aromatic heterocycles. The molecule has 2 rings (SSSR count). The van der Waals surface area contributed by atoms with Crippen LogP contribution in [-0.2, 0) is 14.9 Å². The second kappa shape index (κ2) is 4.30. The predicted molar refractivity (Wildman–Crippen MR) is 61.2 cm³/mol. The summed E-state index contributed by atoms with van der Waals surface area (Å²) in [5.41, 5.74) is 0.931. The quantitative estimate of drug-likeness (QED) is 0.621. The Kier molecular flexibility index (Phi) is 2.98. The molecule has 1 fully saturated rings. The highest BCUT2D eigenvalue weighted by molar-refractivity contribution is 6.40. The lowest BCUT2D eigenvalue weighted by molar-refractivity contribution is -0.131. The van der Waals surface area contributed by atoms with Crippen molar-refractivity contribution in [3.05, 3.63) is 35.4 Å². The van der Waals surface area contributed by atoms with Crippen molar-refractivity contribution in [2.75, 3.05) is 13.7 Å². The highest BCUT2D eigenvalue weighted by Crippen LogP contribution is 2.49. The zero-order valence-electron chi connectivity index (χ0n) is 9.60. The molecule has 0 aliphatic heterocycles. The number of carboxylic acids is 1. The summed E-state index contributed by atoms with van der Waals surface area (Å²) in [6.45, 7) is 0.525. The summed E-state index contributed by atoms with van der Waals surface area (Å²) < 4.78 is 5.16. The number of ether oxygens (including phenoxy) is 1. The molecule has 4 heteroatoms. The molecule has 0 amide bonds. The third-order valence-corrected chi connectivity index (χ3v) is 3.21. The maximum absolute atomic E-state index is 11.6. The Morgan fingerprint density at radius 1 is 1.35 bits per heavy atom. The van der Waals surface area contributed by atoms with Gasteiger partial charge in [0.25, 0.3) is 5.78 Å². The van der Waals surface area contributed by atoms with Gasteiger partial charge in [0.05, 0.1) is 6.61 Å². The fourth-order valence-electron chi connectivity index (χ4n) is 2.18. The molecular formula is C13H14O4. The van der Waals surface area contributed by atoms with E-state index in [4.69, 9.17) is 9.84 Å². The van der Waals surface area contributed by atoms with E-state index in [2.05, 4.69) is 0 Å². The van der Waals surface area contributed by atoms with Crippen LogP contribution in [0.25, 0.3) is 0 Å². The molecule has 1 aliphatic carbocycles. The van der Waals surface area contributed by atoms with Gasteiger partial charge >= 0.3 is 5.97 Å². The smallest absolute Gasteiger partial charge is 0.377 e. The lowest BCUT2D eigenvalue weighted by atomic mass is 9.90. The van der Waals surface area contributed by atoms with Crippen LogP contribution in [0, 0.1) is 0 Å². The van der Waals surface area contributed by atoms with Crippen molar-refractivity contribution in [2.24, 2.45) is 0 Å². The molecule has 0 saturated heterocycles. The first kappa shape index (κ1) is 11.8. The van der Waals surface area contributed by atoms with Gasteiger partial charge in [0.15, 0.2) is 0 Å². The van der Waals surface area contributed by atoms with Crippen LogP contribution in [0.4, 0.5) is 0 Å². The van der Waals surface area contributed by atoms with Gasteiger partial charge < -0.3 is 9.84 Å². The average Bonchev–Trinajstić information content (AvgIpc) is 3.09. The highest BCUT2D eigenvalue weighted by atomic mass is 16.5. The van der Waals surface area contributed by atoms with E-state index in [1.54, 1.807) is 19.2 Å². The minimum absolute atomic E-state index is 0.156. The summed E-state index contributed by atoms with van der Waals surface area (Å²) >= 11 is 0. The monoisotopic (exact) mass is 234 g/mol. The van der Waals surface area contributed by atoms with E-state index >= 15 is 0 Å². The molecule has 1 aromatic carbocycles. The van der Waals surface area contributed by atoms with Gasteiger partial charge in [0, 0.05) is 18.1 Å². The van der Waals surface area contributed by atoms with E-state index in [1.807, 2.05) is 12.1 Å². The van der Waals surface area contributed by atoms with Gasteiger partial charge in [-0.15, -0.1) is 0 Å². The number of methoxy groups -OCH3 is 1. The summed E-state index contributed by atoms with van der Waals surface area (Å²) in [7, 11) is 1.61. The van der Waals surface area contributed by atoms with Gasteiger partial charge in [-0.2, -0.15) is 0 Å². The summed E-state index contributed by atoms with van der Waals surface area (Å²) in [4.78, 5) is 22.4.